The highest BCUT2D eigenvalue weighted by Crippen LogP contribution is 2.26. The Morgan fingerprint density at radius 3 is 2.44 bits per heavy atom. The van der Waals surface area contributed by atoms with Crippen LogP contribution >= 0.6 is 0 Å². The lowest BCUT2D eigenvalue weighted by atomic mass is 10.2. The van der Waals surface area contributed by atoms with Crippen molar-refractivity contribution in [2.24, 2.45) is 0 Å². The molecule has 1 N–H and O–H groups in total. The Labute approximate surface area is 146 Å². The molecule has 3 rings (SSSR count). The fraction of sp³-hybridized carbons (Fsp3) is 0.222. The molecule has 25 heavy (non-hydrogen) atoms. The quantitative estimate of drug-likeness (QED) is 0.730. The molecule has 0 atom stereocenters. The van der Waals surface area contributed by atoms with Gasteiger partial charge >= 0.3 is 0 Å². The van der Waals surface area contributed by atoms with Crippen molar-refractivity contribution in [1.29, 1.82) is 0 Å². The maximum atomic E-state index is 12.7. The van der Waals surface area contributed by atoms with Gasteiger partial charge in [-0.15, -0.1) is 0 Å². The van der Waals surface area contributed by atoms with Crippen molar-refractivity contribution in [3.8, 4) is 5.88 Å². The summed E-state index contributed by atoms with van der Waals surface area (Å²) in [6.45, 7) is 4.22. The predicted molar refractivity (Wildman–Crippen MR) is 97.3 cm³/mol. The van der Waals surface area contributed by atoms with Crippen molar-refractivity contribution >= 4 is 26.9 Å². The normalized spacial score (nSPS) is 11.4. The van der Waals surface area contributed by atoms with Crippen LogP contribution in [0.3, 0.4) is 0 Å². The smallest absolute Gasteiger partial charge is 0.263 e. The average molecular weight is 357 g/mol. The van der Waals surface area contributed by atoms with E-state index in [4.69, 9.17) is 4.74 Å². The summed E-state index contributed by atoms with van der Waals surface area (Å²) < 4.78 is 33.5. The highest BCUT2D eigenvalue weighted by atomic mass is 32.2. The van der Waals surface area contributed by atoms with E-state index in [9.17, 15) is 8.42 Å². The zero-order valence-corrected chi connectivity index (χ0v) is 14.9. The van der Waals surface area contributed by atoms with E-state index in [1.807, 2.05) is 32.0 Å². The Balaban J connectivity index is 2.04. The van der Waals surface area contributed by atoms with Gasteiger partial charge in [-0.1, -0.05) is 31.2 Å². The first-order chi connectivity index (χ1) is 12.0. The molecule has 0 fully saturated rings. The van der Waals surface area contributed by atoms with Gasteiger partial charge in [-0.25, -0.2) is 18.4 Å². The van der Waals surface area contributed by atoms with Gasteiger partial charge in [0.1, 0.15) is 0 Å². The van der Waals surface area contributed by atoms with Crippen LogP contribution in [0.1, 0.15) is 18.9 Å². The van der Waals surface area contributed by atoms with Crippen LogP contribution in [0.4, 0.5) is 5.82 Å². The van der Waals surface area contributed by atoms with Crippen LogP contribution in [-0.2, 0) is 10.0 Å². The van der Waals surface area contributed by atoms with Crippen LogP contribution < -0.4 is 9.46 Å². The third-order valence-corrected chi connectivity index (χ3v) is 4.85. The van der Waals surface area contributed by atoms with E-state index in [1.165, 1.54) is 6.07 Å². The molecule has 0 radical (unpaired) electrons. The van der Waals surface area contributed by atoms with Gasteiger partial charge in [0.2, 0.25) is 5.82 Å². The number of nitrogens with zero attached hydrogens (tertiary/aromatic N) is 2. The Bertz CT molecular complexity index is 1000. The lowest BCUT2D eigenvalue weighted by molar-refractivity contribution is 0.307. The van der Waals surface area contributed by atoms with Crippen LogP contribution in [0, 0.1) is 6.92 Å². The minimum atomic E-state index is -3.78. The predicted octanol–water partition coefficient (Wildman–Crippen LogP) is 3.53. The van der Waals surface area contributed by atoms with Crippen molar-refractivity contribution in [3.05, 3.63) is 54.1 Å². The van der Waals surface area contributed by atoms with Crippen molar-refractivity contribution < 1.29 is 13.2 Å². The standard InChI is InChI=1S/C18H19N3O3S/c1-3-11-24-18-17(19-15-9-4-5-10-16(15)20-18)21-25(22,23)14-8-6-7-13(2)12-14/h4-10,12H,3,11H2,1-2H3,(H,19,21). The molecule has 0 amide bonds. The number of fused-ring (bicyclic) bond motifs is 1. The Morgan fingerprint density at radius 1 is 1.04 bits per heavy atom. The number of hydrogen-bond donors (Lipinski definition) is 1. The molecule has 0 aliphatic carbocycles. The van der Waals surface area contributed by atoms with Crippen molar-refractivity contribution in [1.82, 2.24) is 9.97 Å². The van der Waals surface area contributed by atoms with Crippen LogP contribution in [0.5, 0.6) is 5.88 Å². The topological polar surface area (TPSA) is 81.2 Å². The number of sulfonamides is 1. The van der Waals surface area contributed by atoms with E-state index < -0.39 is 10.0 Å². The Kier molecular flexibility index (Phi) is 4.85. The minimum absolute atomic E-state index is 0.0913. The minimum Gasteiger partial charge on any atom is -0.475 e. The molecule has 6 nitrogen and oxygen atoms in total. The van der Waals surface area contributed by atoms with Gasteiger partial charge in [0.15, 0.2) is 0 Å². The lowest BCUT2D eigenvalue weighted by Gasteiger charge is -2.13. The summed E-state index contributed by atoms with van der Waals surface area (Å²) in [4.78, 5) is 8.95. The average Bonchev–Trinajstić information content (AvgIpc) is 2.59. The Hall–Kier alpha value is -2.67. The van der Waals surface area contributed by atoms with Gasteiger partial charge in [-0.05, 0) is 43.2 Å². The van der Waals surface area contributed by atoms with Crippen molar-refractivity contribution in [2.45, 2.75) is 25.2 Å². The molecule has 2 aromatic carbocycles. The summed E-state index contributed by atoms with van der Waals surface area (Å²) >= 11 is 0. The van der Waals surface area contributed by atoms with Gasteiger partial charge in [0, 0.05) is 0 Å². The SMILES string of the molecule is CCCOc1nc2ccccc2nc1NS(=O)(=O)c1cccc(C)c1. The van der Waals surface area contributed by atoms with E-state index in [0.29, 0.717) is 17.6 Å². The van der Waals surface area contributed by atoms with E-state index >= 15 is 0 Å². The number of aryl methyl sites for hydroxylation is 1. The molecule has 130 valence electrons. The van der Waals surface area contributed by atoms with Gasteiger partial charge in [0.25, 0.3) is 15.9 Å². The third-order valence-electron chi connectivity index (χ3n) is 3.51. The maximum absolute atomic E-state index is 12.7. The summed E-state index contributed by atoms with van der Waals surface area (Å²) in [5.41, 5.74) is 2.09. The van der Waals surface area contributed by atoms with Gasteiger partial charge in [-0.3, -0.25) is 4.72 Å². The molecule has 0 saturated carbocycles. The molecular weight excluding hydrogens is 338 g/mol. The highest BCUT2D eigenvalue weighted by Gasteiger charge is 2.19. The fourth-order valence-corrected chi connectivity index (χ4v) is 3.42. The molecule has 0 saturated heterocycles. The summed E-state index contributed by atoms with van der Waals surface area (Å²) in [6.07, 6.45) is 0.776. The fourth-order valence-electron chi connectivity index (χ4n) is 2.32. The first kappa shape index (κ1) is 17.2. The van der Waals surface area contributed by atoms with Crippen LogP contribution in [-0.4, -0.2) is 25.0 Å². The maximum Gasteiger partial charge on any atom is 0.263 e. The number of ether oxygens (including phenoxy) is 1. The summed E-state index contributed by atoms with van der Waals surface area (Å²) in [5, 5.41) is 0. The third kappa shape index (κ3) is 3.88. The van der Waals surface area contributed by atoms with Gasteiger partial charge < -0.3 is 4.74 Å². The summed E-state index contributed by atoms with van der Waals surface area (Å²) in [6, 6.07) is 13.9. The second-order valence-corrected chi connectivity index (χ2v) is 7.32. The number of para-hydroxylation sites is 2. The molecule has 0 aliphatic heterocycles. The highest BCUT2D eigenvalue weighted by molar-refractivity contribution is 7.92. The number of benzene rings is 2. The van der Waals surface area contributed by atoms with E-state index in [1.54, 1.807) is 24.3 Å². The second kappa shape index (κ2) is 7.06. The molecule has 0 spiro atoms. The zero-order valence-electron chi connectivity index (χ0n) is 14.1. The van der Waals surface area contributed by atoms with Crippen molar-refractivity contribution in [3.63, 3.8) is 0 Å². The van der Waals surface area contributed by atoms with Crippen LogP contribution in [0.2, 0.25) is 0 Å². The molecule has 7 heteroatoms. The Morgan fingerprint density at radius 2 is 1.76 bits per heavy atom. The van der Waals surface area contributed by atoms with Gasteiger partial charge in [-0.2, -0.15) is 0 Å². The van der Waals surface area contributed by atoms with Crippen LogP contribution in [0.15, 0.2) is 53.4 Å². The molecule has 3 aromatic rings. The molecule has 1 aromatic heterocycles. The molecular formula is C18H19N3O3S. The van der Waals surface area contributed by atoms with Gasteiger partial charge in [0.05, 0.1) is 22.5 Å². The van der Waals surface area contributed by atoms with Crippen molar-refractivity contribution in [2.75, 3.05) is 11.3 Å². The van der Waals surface area contributed by atoms with E-state index in [-0.39, 0.29) is 16.6 Å². The molecule has 0 bridgehead atoms. The zero-order chi connectivity index (χ0) is 17.9. The summed E-state index contributed by atoms with van der Waals surface area (Å²) in [7, 11) is -3.78. The second-order valence-electron chi connectivity index (χ2n) is 5.64. The monoisotopic (exact) mass is 357 g/mol. The summed E-state index contributed by atoms with van der Waals surface area (Å²) in [5.74, 6) is 0.269. The first-order valence-electron chi connectivity index (χ1n) is 7.98. The molecule has 0 aliphatic rings. The van der Waals surface area contributed by atoms with E-state index in [0.717, 1.165) is 12.0 Å². The molecule has 0 unspecified atom stereocenters. The first-order valence-corrected chi connectivity index (χ1v) is 9.47. The number of rotatable bonds is 6. The largest absolute Gasteiger partial charge is 0.475 e. The lowest BCUT2D eigenvalue weighted by Crippen LogP contribution is -2.16. The van der Waals surface area contributed by atoms with Crippen LogP contribution in [0.25, 0.3) is 11.0 Å². The molecule has 1 heterocycles. The van der Waals surface area contributed by atoms with E-state index in [2.05, 4.69) is 14.7 Å². The number of anilines is 1. The number of hydrogen-bond acceptors (Lipinski definition) is 5. The number of aromatic nitrogens is 2. The number of nitrogens with one attached hydrogen (secondary N) is 1.